The fourth-order valence-electron chi connectivity index (χ4n) is 1.68. The van der Waals surface area contributed by atoms with Gasteiger partial charge in [-0.15, -0.1) is 11.3 Å². The molecule has 0 aliphatic carbocycles. The largest absolute Gasteiger partial charge is 0.365 e. The van der Waals surface area contributed by atoms with Crippen molar-refractivity contribution < 1.29 is 0 Å². The predicted molar refractivity (Wildman–Crippen MR) is 74.9 cm³/mol. The Balaban J connectivity index is 1.87. The van der Waals surface area contributed by atoms with Crippen LogP contribution in [-0.4, -0.2) is 19.6 Å². The molecule has 3 aromatic heterocycles. The Morgan fingerprint density at radius 3 is 3.11 bits per heavy atom. The molecule has 3 aromatic rings. The lowest BCUT2D eigenvalue weighted by atomic mass is 10.4. The molecular weight excluding hydrogens is 314 g/mol. The molecule has 0 unspecified atom stereocenters. The number of hydrogen-bond acceptors (Lipinski definition) is 5. The summed E-state index contributed by atoms with van der Waals surface area (Å²) in [5.74, 6) is 1.52. The molecule has 0 aromatic carbocycles. The molecule has 0 spiro atoms. The van der Waals surface area contributed by atoms with Crippen molar-refractivity contribution in [1.29, 1.82) is 0 Å². The first kappa shape index (κ1) is 11.6. The SMILES string of the molecule is Cc1cc(NCc2cc(Br)cs2)n2ncnc2n1. The van der Waals surface area contributed by atoms with Crippen LogP contribution in [0.4, 0.5) is 5.82 Å². The molecule has 7 heteroatoms. The quantitative estimate of drug-likeness (QED) is 0.805. The summed E-state index contributed by atoms with van der Waals surface area (Å²) in [5.41, 5.74) is 0.922. The maximum atomic E-state index is 4.30. The van der Waals surface area contributed by atoms with Gasteiger partial charge in [0.15, 0.2) is 0 Å². The number of thiophene rings is 1. The van der Waals surface area contributed by atoms with Crippen LogP contribution in [-0.2, 0) is 6.54 Å². The molecular formula is C11H10BrN5S. The van der Waals surface area contributed by atoms with Crippen molar-refractivity contribution in [3.63, 3.8) is 0 Å². The Bertz CT molecular complexity index is 690. The monoisotopic (exact) mass is 323 g/mol. The van der Waals surface area contributed by atoms with Crippen molar-refractivity contribution in [3.05, 3.63) is 38.9 Å². The van der Waals surface area contributed by atoms with E-state index in [9.17, 15) is 0 Å². The van der Waals surface area contributed by atoms with E-state index >= 15 is 0 Å². The molecule has 5 nitrogen and oxygen atoms in total. The summed E-state index contributed by atoms with van der Waals surface area (Å²) in [6.45, 7) is 2.70. The van der Waals surface area contributed by atoms with E-state index in [4.69, 9.17) is 0 Å². The van der Waals surface area contributed by atoms with Crippen molar-refractivity contribution in [2.45, 2.75) is 13.5 Å². The summed E-state index contributed by atoms with van der Waals surface area (Å²) in [5, 5.41) is 9.58. The number of hydrogen-bond donors (Lipinski definition) is 1. The number of rotatable bonds is 3. The van der Waals surface area contributed by atoms with Crippen molar-refractivity contribution in [2.75, 3.05) is 5.32 Å². The molecule has 0 saturated carbocycles. The average Bonchev–Trinajstić information content (AvgIpc) is 2.94. The molecule has 0 fully saturated rings. The van der Waals surface area contributed by atoms with Gasteiger partial charge >= 0.3 is 0 Å². The molecule has 1 N–H and O–H groups in total. The Labute approximate surface area is 116 Å². The van der Waals surface area contributed by atoms with E-state index in [-0.39, 0.29) is 0 Å². The standard InChI is InChI=1S/C11H10BrN5S/c1-7-2-10(17-11(16-7)14-6-15-17)13-4-9-3-8(12)5-18-9/h2-3,5-6,13H,4H2,1H3. The molecule has 0 aliphatic rings. The minimum absolute atomic E-state index is 0.616. The molecule has 0 aliphatic heterocycles. The summed E-state index contributed by atoms with van der Waals surface area (Å²) in [7, 11) is 0. The number of nitrogens with one attached hydrogen (secondary N) is 1. The van der Waals surface area contributed by atoms with E-state index in [2.05, 4.69) is 47.8 Å². The first-order valence-electron chi connectivity index (χ1n) is 5.36. The summed E-state index contributed by atoms with van der Waals surface area (Å²) in [4.78, 5) is 9.65. The molecule has 0 bridgehead atoms. The van der Waals surface area contributed by atoms with Gasteiger partial charge in [-0.1, -0.05) is 0 Å². The average molecular weight is 324 g/mol. The molecule has 0 saturated heterocycles. The van der Waals surface area contributed by atoms with Crippen LogP contribution in [0.5, 0.6) is 0 Å². The van der Waals surface area contributed by atoms with Crippen LogP contribution in [0.3, 0.4) is 0 Å². The Morgan fingerprint density at radius 1 is 1.44 bits per heavy atom. The van der Waals surface area contributed by atoms with Crippen LogP contribution >= 0.6 is 27.3 Å². The van der Waals surface area contributed by atoms with Crippen molar-refractivity contribution in [3.8, 4) is 0 Å². The molecule has 0 amide bonds. The lowest BCUT2D eigenvalue weighted by Crippen LogP contribution is -2.06. The van der Waals surface area contributed by atoms with Crippen LogP contribution < -0.4 is 5.32 Å². The van der Waals surface area contributed by atoms with E-state index in [1.165, 1.54) is 11.2 Å². The van der Waals surface area contributed by atoms with Gasteiger partial charge < -0.3 is 5.32 Å². The highest BCUT2D eigenvalue weighted by molar-refractivity contribution is 9.10. The van der Waals surface area contributed by atoms with Crippen molar-refractivity contribution in [2.24, 2.45) is 0 Å². The third-order valence-corrected chi connectivity index (χ3v) is 4.14. The lowest BCUT2D eigenvalue weighted by Gasteiger charge is -2.07. The van der Waals surface area contributed by atoms with E-state index in [0.29, 0.717) is 5.78 Å². The molecule has 3 rings (SSSR count). The highest BCUT2D eigenvalue weighted by atomic mass is 79.9. The summed E-state index contributed by atoms with van der Waals surface area (Å²) < 4.78 is 2.82. The van der Waals surface area contributed by atoms with Gasteiger partial charge in [-0.2, -0.15) is 14.6 Å². The number of fused-ring (bicyclic) bond motifs is 1. The molecule has 92 valence electrons. The van der Waals surface area contributed by atoms with Gasteiger partial charge in [0.05, 0.1) is 6.54 Å². The second-order valence-electron chi connectivity index (χ2n) is 3.84. The van der Waals surface area contributed by atoms with Crippen LogP contribution in [0.15, 0.2) is 28.3 Å². The number of halogens is 1. The fourth-order valence-corrected chi connectivity index (χ4v) is 3.07. The highest BCUT2D eigenvalue weighted by Gasteiger charge is 2.05. The zero-order valence-electron chi connectivity index (χ0n) is 9.59. The molecule has 0 atom stereocenters. The van der Waals surface area contributed by atoms with E-state index < -0.39 is 0 Å². The van der Waals surface area contributed by atoms with Gasteiger partial charge in [0.1, 0.15) is 12.1 Å². The minimum Gasteiger partial charge on any atom is -0.365 e. The third kappa shape index (κ3) is 2.23. The van der Waals surface area contributed by atoms with Crippen molar-refractivity contribution >= 4 is 38.9 Å². The Kier molecular flexibility index (Phi) is 3.00. The molecule has 0 radical (unpaired) electrons. The lowest BCUT2D eigenvalue weighted by molar-refractivity contribution is 0.919. The van der Waals surface area contributed by atoms with Crippen molar-refractivity contribution in [1.82, 2.24) is 19.6 Å². The topological polar surface area (TPSA) is 55.1 Å². The molecule has 3 heterocycles. The molecule has 18 heavy (non-hydrogen) atoms. The number of aryl methyl sites for hydroxylation is 1. The van der Waals surface area contributed by atoms with Gasteiger partial charge in [-0.25, -0.2) is 4.98 Å². The number of nitrogens with zero attached hydrogens (tertiary/aromatic N) is 4. The van der Waals surface area contributed by atoms with Gasteiger partial charge in [0.2, 0.25) is 0 Å². The van der Waals surface area contributed by atoms with E-state index in [1.54, 1.807) is 15.9 Å². The minimum atomic E-state index is 0.616. The van der Waals surface area contributed by atoms with E-state index in [0.717, 1.165) is 22.5 Å². The second kappa shape index (κ2) is 4.66. The van der Waals surface area contributed by atoms with Crippen LogP contribution in [0, 0.1) is 6.92 Å². The van der Waals surface area contributed by atoms with Crippen LogP contribution in [0.25, 0.3) is 5.78 Å². The maximum Gasteiger partial charge on any atom is 0.254 e. The maximum absolute atomic E-state index is 4.30. The Morgan fingerprint density at radius 2 is 2.33 bits per heavy atom. The summed E-state index contributed by atoms with van der Waals surface area (Å²) in [6.07, 6.45) is 1.51. The third-order valence-electron chi connectivity index (χ3n) is 2.45. The second-order valence-corrected chi connectivity index (χ2v) is 5.75. The zero-order chi connectivity index (χ0) is 12.5. The highest BCUT2D eigenvalue weighted by Crippen LogP contribution is 2.21. The predicted octanol–water partition coefficient (Wildman–Crippen LogP) is 2.87. The summed E-state index contributed by atoms with van der Waals surface area (Å²) >= 11 is 5.16. The fraction of sp³-hybridized carbons (Fsp3) is 0.182. The number of anilines is 1. The van der Waals surface area contributed by atoms with Gasteiger partial charge in [0, 0.05) is 26.5 Å². The van der Waals surface area contributed by atoms with Gasteiger partial charge in [-0.3, -0.25) is 0 Å². The van der Waals surface area contributed by atoms with Gasteiger partial charge in [0.25, 0.3) is 5.78 Å². The van der Waals surface area contributed by atoms with Crippen LogP contribution in [0.1, 0.15) is 10.6 Å². The van der Waals surface area contributed by atoms with E-state index in [1.807, 2.05) is 13.0 Å². The van der Waals surface area contributed by atoms with Crippen LogP contribution in [0.2, 0.25) is 0 Å². The number of aromatic nitrogens is 4. The smallest absolute Gasteiger partial charge is 0.254 e. The normalized spacial score (nSPS) is 11.0. The first-order chi connectivity index (χ1) is 8.72. The zero-order valence-corrected chi connectivity index (χ0v) is 12.0. The van der Waals surface area contributed by atoms with Gasteiger partial charge in [-0.05, 0) is 28.9 Å². The summed E-state index contributed by atoms with van der Waals surface area (Å²) in [6, 6.07) is 4.06. The Hall–Kier alpha value is -1.47. The first-order valence-corrected chi connectivity index (χ1v) is 7.04.